The maximum Gasteiger partial charge on any atom is 0.198 e. The van der Waals surface area contributed by atoms with Crippen LogP contribution in [0.4, 0.5) is 0 Å². The molecule has 0 saturated heterocycles. The zero-order valence-electron chi connectivity index (χ0n) is 10.1. The van der Waals surface area contributed by atoms with Crippen LogP contribution in [0.15, 0.2) is 30.6 Å². The van der Waals surface area contributed by atoms with Crippen LogP contribution in [0.25, 0.3) is 17.0 Å². The first-order valence-corrected chi connectivity index (χ1v) is 5.97. The molecule has 0 bridgehead atoms. The number of aryl methyl sites for hydroxylation is 2. The molecule has 2 aromatic heterocycles. The Morgan fingerprint density at radius 1 is 1.17 bits per heavy atom. The van der Waals surface area contributed by atoms with Gasteiger partial charge in [-0.1, -0.05) is 35.4 Å². The van der Waals surface area contributed by atoms with E-state index >= 15 is 0 Å². The van der Waals surface area contributed by atoms with Crippen molar-refractivity contribution in [1.82, 2.24) is 19.6 Å². The van der Waals surface area contributed by atoms with Gasteiger partial charge in [0, 0.05) is 18.0 Å². The summed E-state index contributed by atoms with van der Waals surface area (Å²) in [7, 11) is 0. The van der Waals surface area contributed by atoms with Gasteiger partial charge in [0.05, 0.1) is 0 Å². The first kappa shape index (κ1) is 11.2. The van der Waals surface area contributed by atoms with Gasteiger partial charge in [0.2, 0.25) is 0 Å². The number of nitrogens with zero attached hydrogens (tertiary/aromatic N) is 4. The molecular weight excluding hydrogens is 248 g/mol. The summed E-state index contributed by atoms with van der Waals surface area (Å²) in [5, 5.41) is 8.64. The molecule has 0 aliphatic heterocycles. The Balaban J connectivity index is 2.29. The molecule has 2 heterocycles. The third-order valence-corrected chi connectivity index (χ3v) is 3.17. The summed E-state index contributed by atoms with van der Waals surface area (Å²) in [4.78, 5) is 3.99. The summed E-state index contributed by atoms with van der Waals surface area (Å²) in [6.07, 6.45) is 3.46. The summed E-state index contributed by atoms with van der Waals surface area (Å²) >= 11 is 5.99. The molecule has 0 saturated carbocycles. The quantitative estimate of drug-likeness (QED) is 0.674. The van der Waals surface area contributed by atoms with E-state index in [1.807, 2.05) is 10.6 Å². The van der Waals surface area contributed by atoms with E-state index in [1.54, 1.807) is 6.20 Å². The van der Waals surface area contributed by atoms with Crippen molar-refractivity contribution < 1.29 is 0 Å². The Hall–Kier alpha value is -1.94. The number of benzene rings is 1. The second-order valence-electron chi connectivity index (χ2n) is 4.25. The molecule has 5 heteroatoms. The number of hydrogen-bond donors (Lipinski definition) is 0. The Morgan fingerprint density at radius 3 is 2.78 bits per heavy atom. The molecule has 3 aromatic rings. The predicted octanol–water partition coefficient (Wildman–Crippen LogP) is 3.06. The Kier molecular flexibility index (Phi) is 2.52. The zero-order valence-corrected chi connectivity index (χ0v) is 10.8. The average Bonchev–Trinajstić information content (AvgIpc) is 2.74. The number of fused-ring (bicyclic) bond motifs is 1. The molecule has 0 atom stereocenters. The summed E-state index contributed by atoms with van der Waals surface area (Å²) < 4.78 is 1.85. The van der Waals surface area contributed by atoms with Crippen LogP contribution >= 0.6 is 11.6 Å². The Labute approximate surface area is 109 Å². The van der Waals surface area contributed by atoms with Crippen molar-refractivity contribution in [3.8, 4) is 11.4 Å². The molecule has 0 aliphatic rings. The van der Waals surface area contributed by atoms with Crippen molar-refractivity contribution in [2.45, 2.75) is 13.8 Å². The van der Waals surface area contributed by atoms with E-state index in [2.05, 4.69) is 47.2 Å². The minimum atomic E-state index is 0.362. The van der Waals surface area contributed by atoms with Gasteiger partial charge < -0.3 is 0 Å². The summed E-state index contributed by atoms with van der Waals surface area (Å²) in [6, 6.07) is 6.24. The highest BCUT2D eigenvalue weighted by Crippen LogP contribution is 2.24. The summed E-state index contributed by atoms with van der Waals surface area (Å²) in [5.74, 6) is 0.784. The molecule has 18 heavy (non-hydrogen) atoms. The van der Waals surface area contributed by atoms with Crippen LogP contribution in [-0.4, -0.2) is 19.6 Å². The van der Waals surface area contributed by atoms with E-state index in [1.165, 1.54) is 5.56 Å². The topological polar surface area (TPSA) is 43.1 Å². The Morgan fingerprint density at radius 2 is 2.00 bits per heavy atom. The molecule has 3 rings (SSSR count). The lowest BCUT2D eigenvalue weighted by Crippen LogP contribution is -1.93. The van der Waals surface area contributed by atoms with Gasteiger partial charge in [0.1, 0.15) is 0 Å². The van der Waals surface area contributed by atoms with Crippen LogP contribution in [0, 0.1) is 13.8 Å². The molecule has 1 aromatic carbocycles. The van der Waals surface area contributed by atoms with E-state index < -0.39 is 0 Å². The maximum absolute atomic E-state index is 5.99. The molecule has 0 fully saturated rings. The summed E-state index contributed by atoms with van der Waals surface area (Å²) in [6.45, 7) is 4.13. The lowest BCUT2D eigenvalue weighted by Gasteiger charge is -2.05. The van der Waals surface area contributed by atoms with Crippen LogP contribution in [0.2, 0.25) is 5.15 Å². The van der Waals surface area contributed by atoms with Crippen LogP contribution in [0.5, 0.6) is 0 Å². The predicted molar refractivity (Wildman–Crippen MR) is 70.7 cm³/mol. The minimum Gasteiger partial charge on any atom is -0.278 e. The van der Waals surface area contributed by atoms with E-state index in [0.717, 1.165) is 17.0 Å². The van der Waals surface area contributed by atoms with Crippen molar-refractivity contribution in [2.24, 2.45) is 0 Å². The fourth-order valence-electron chi connectivity index (χ4n) is 2.04. The van der Waals surface area contributed by atoms with E-state index in [9.17, 15) is 0 Å². The van der Waals surface area contributed by atoms with Crippen molar-refractivity contribution in [2.75, 3.05) is 0 Å². The van der Waals surface area contributed by atoms with Gasteiger partial charge in [-0.2, -0.15) is 0 Å². The molecule has 0 unspecified atom stereocenters. The van der Waals surface area contributed by atoms with Crippen LogP contribution < -0.4 is 0 Å². The smallest absolute Gasteiger partial charge is 0.198 e. The van der Waals surface area contributed by atoms with Gasteiger partial charge in [-0.05, 0) is 19.4 Å². The molecule has 0 aliphatic carbocycles. The van der Waals surface area contributed by atoms with Crippen molar-refractivity contribution in [3.05, 3.63) is 46.9 Å². The van der Waals surface area contributed by atoms with Gasteiger partial charge in [0.15, 0.2) is 16.6 Å². The lowest BCUT2D eigenvalue weighted by atomic mass is 10.1. The molecule has 0 spiro atoms. The van der Waals surface area contributed by atoms with Gasteiger partial charge in [-0.3, -0.25) is 4.40 Å². The van der Waals surface area contributed by atoms with Gasteiger partial charge in [-0.15, -0.1) is 10.2 Å². The number of hydrogen-bond acceptors (Lipinski definition) is 3. The zero-order chi connectivity index (χ0) is 12.7. The van der Waals surface area contributed by atoms with Crippen molar-refractivity contribution in [1.29, 1.82) is 0 Å². The standard InChI is InChI=1S/C13H11ClN4/c1-8-3-4-10(9(2)7-8)12-16-17-13-11(14)15-5-6-18(12)13/h3-7H,1-2H3. The number of rotatable bonds is 1. The normalized spacial score (nSPS) is 11.1. The highest BCUT2D eigenvalue weighted by molar-refractivity contribution is 6.32. The highest BCUT2D eigenvalue weighted by Gasteiger charge is 2.12. The molecule has 0 N–H and O–H groups in total. The van der Waals surface area contributed by atoms with Gasteiger partial charge in [0.25, 0.3) is 0 Å². The molecule has 0 radical (unpaired) electrons. The molecule has 0 amide bonds. The third-order valence-electron chi connectivity index (χ3n) is 2.91. The second kappa shape index (κ2) is 4.07. The molecular formula is C13H11ClN4. The van der Waals surface area contributed by atoms with Crippen molar-refractivity contribution in [3.63, 3.8) is 0 Å². The fraction of sp³-hybridized carbons (Fsp3) is 0.154. The first-order chi connectivity index (χ1) is 8.66. The SMILES string of the molecule is Cc1ccc(-c2nnc3c(Cl)nccn23)c(C)c1. The molecule has 90 valence electrons. The van der Waals surface area contributed by atoms with E-state index in [-0.39, 0.29) is 0 Å². The largest absolute Gasteiger partial charge is 0.278 e. The molecule has 4 nitrogen and oxygen atoms in total. The number of aromatic nitrogens is 4. The van der Waals surface area contributed by atoms with Gasteiger partial charge in [-0.25, -0.2) is 4.98 Å². The van der Waals surface area contributed by atoms with E-state index in [0.29, 0.717) is 10.8 Å². The highest BCUT2D eigenvalue weighted by atomic mass is 35.5. The fourth-order valence-corrected chi connectivity index (χ4v) is 2.23. The Bertz CT molecular complexity index is 733. The lowest BCUT2D eigenvalue weighted by molar-refractivity contribution is 1.10. The van der Waals surface area contributed by atoms with Gasteiger partial charge >= 0.3 is 0 Å². The van der Waals surface area contributed by atoms with E-state index in [4.69, 9.17) is 11.6 Å². The monoisotopic (exact) mass is 258 g/mol. The third kappa shape index (κ3) is 1.66. The minimum absolute atomic E-state index is 0.362. The maximum atomic E-state index is 5.99. The van der Waals surface area contributed by atoms with Crippen LogP contribution in [0.1, 0.15) is 11.1 Å². The van der Waals surface area contributed by atoms with Crippen molar-refractivity contribution >= 4 is 17.2 Å². The average molecular weight is 259 g/mol. The van der Waals surface area contributed by atoms with Crippen LogP contribution in [-0.2, 0) is 0 Å². The second-order valence-corrected chi connectivity index (χ2v) is 4.61. The van der Waals surface area contributed by atoms with Crippen LogP contribution in [0.3, 0.4) is 0 Å². The number of halogens is 1. The summed E-state index contributed by atoms with van der Waals surface area (Å²) in [5.41, 5.74) is 4.02. The first-order valence-electron chi connectivity index (χ1n) is 5.59.